The summed E-state index contributed by atoms with van der Waals surface area (Å²) in [5.41, 5.74) is 4.53. The number of anilines is 1. The molecule has 156 valence electrons. The zero-order chi connectivity index (χ0) is 22.0. The number of halogens is 2. The van der Waals surface area contributed by atoms with Crippen LogP contribution in [0.15, 0.2) is 60.4 Å². The molecule has 0 aliphatic heterocycles. The predicted molar refractivity (Wildman–Crippen MR) is 115 cm³/mol. The van der Waals surface area contributed by atoms with E-state index >= 15 is 0 Å². The average Bonchev–Trinajstić information content (AvgIpc) is 3.30. The van der Waals surface area contributed by atoms with Crippen LogP contribution in [0.5, 0.6) is 0 Å². The molecule has 9 heteroatoms. The lowest BCUT2D eigenvalue weighted by atomic mass is 9.99. The third kappa shape index (κ3) is 4.61. The minimum atomic E-state index is -3.11. The molecule has 0 fully saturated rings. The zero-order valence-corrected chi connectivity index (χ0v) is 17.5. The summed E-state index contributed by atoms with van der Waals surface area (Å²) in [6.45, 7) is 2.71. The molecule has 0 aliphatic carbocycles. The molecule has 0 aliphatic rings. The molecule has 0 unspecified atom stereocenters. The number of aryl methyl sites for hydroxylation is 1. The number of alkyl halides is 2. The third-order valence-electron chi connectivity index (χ3n) is 4.69. The number of carbonyl (C=O) groups is 1. The van der Waals surface area contributed by atoms with Crippen LogP contribution in [0.3, 0.4) is 0 Å². The van der Waals surface area contributed by atoms with Crippen molar-refractivity contribution in [3.8, 4) is 22.4 Å². The Morgan fingerprint density at radius 3 is 2.68 bits per heavy atom. The standard InChI is InChI=1S/C22H17F2N5OS/c1-13-3-4-17(28-21(30)20-8-16(11-26-29-20)22(2,23)24)9-18(13)14-5-6-25-19(7-14)15-10-27-31-12-15/h3-12H,1-2H3,(H,28,30). The molecule has 0 atom stereocenters. The Morgan fingerprint density at radius 2 is 1.94 bits per heavy atom. The van der Waals surface area contributed by atoms with Crippen LogP contribution >= 0.6 is 11.5 Å². The van der Waals surface area contributed by atoms with Crippen molar-refractivity contribution < 1.29 is 13.6 Å². The molecule has 1 aromatic carbocycles. The highest BCUT2D eigenvalue weighted by molar-refractivity contribution is 7.03. The van der Waals surface area contributed by atoms with E-state index < -0.39 is 11.8 Å². The molecule has 3 aromatic heterocycles. The van der Waals surface area contributed by atoms with Gasteiger partial charge >= 0.3 is 0 Å². The molecule has 31 heavy (non-hydrogen) atoms. The van der Waals surface area contributed by atoms with Gasteiger partial charge in [-0.15, -0.1) is 5.10 Å². The number of amides is 1. The van der Waals surface area contributed by atoms with Gasteiger partial charge < -0.3 is 5.32 Å². The van der Waals surface area contributed by atoms with Gasteiger partial charge in [-0.1, -0.05) is 6.07 Å². The monoisotopic (exact) mass is 437 g/mol. The third-order valence-corrected chi connectivity index (χ3v) is 5.27. The molecule has 3 heterocycles. The second kappa shape index (κ2) is 8.27. The summed E-state index contributed by atoms with van der Waals surface area (Å²) in [6, 6.07) is 10.3. The van der Waals surface area contributed by atoms with E-state index in [0.29, 0.717) is 5.69 Å². The van der Waals surface area contributed by atoms with Gasteiger partial charge in [0.1, 0.15) is 0 Å². The summed E-state index contributed by atoms with van der Waals surface area (Å²) in [4.78, 5) is 17.0. The van der Waals surface area contributed by atoms with Crippen molar-refractivity contribution in [2.75, 3.05) is 5.32 Å². The van der Waals surface area contributed by atoms with Crippen molar-refractivity contribution in [3.63, 3.8) is 0 Å². The van der Waals surface area contributed by atoms with Gasteiger partial charge in [0.25, 0.3) is 11.8 Å². The lowest BCUT2D eigenvalue weighted by molar-refractivity contribution is 0.0169. The van der Waals surface area contributed by atoms with Gasteiger partial charge in [0, 0.05) is 35.3 Å². The molecular formula is C22H17F2N5OS. The first kappa shape index (κ1) is 20.7. The second-order valence-corrected chi connectivity index (χ2v) is 7.70. The Hall–Kier alpha value is -3.59. The molecule has 0 saturated heterocycles. The quantitative estimate of drug-likeness (QED) is 0.456. The molecule has 0 radical (unpaired) electrons. The van der Waals surface area contributed by atoms with Gasteiger partial charge in [-0.05, 0) is 65.5 Å². The van der Waals surface area contributed by atoms with E-state index in [4.69, 9.17) is 0 Å². The maximum absolute atomic E-state index is 13.5. The van der Waals surface area contributed by atoms with Crippen LogP contribution in [-0.4, -0.2) is 25.5 Å². The van der Waals surface area contributed by atoms with Gasteiger partial charge in [-0.2, -0.15) is 5.10 Å². The first-order valence-electron chi connectivity index (χ1n) is 9.30. The van der Waals surface area contributed by atoms with Gasteiger partial charge in [0.2, 0.25) is 0 Å². The van der Waals surface area contributed by atoms with E-state index in [1.165, 1.54) is 11.5 Å². The molecule has 0 bridgehead atoms. The zero-order valence-electron chi connectivity index (χ0n) is 16.6. The highest BCUT2D eigenvalue weighted by atomic mass is 32.1. The lowest BCUT2D eigenvalue weighted by Gasteiger charge is -2.12. The van der Waals surface area contributed by atoms with Crippen LogP contribution in [0.1, 0.15) is 28.5 Å². The number of aromatic nitrogens is 4. The van der Waals surface area contributed by atoms with Crippen LogP contribution < -0.4 is 5.32 Å². The van der Waals surface area contributed by atoms with E-state index in [2.05, 4.69) is 24.9 Å². The topological polar surface area (TPSA) is 80.7 Å². The van der Waals surface area contributed by atoms with Crippen molar-refractivity contribution >= 4 is 23.1 Å². The number of carbonyl (C=O) groups excluding carboxylic acids is 1. The van der Waals surface area contributed by atoms with Crippen LogP contribution in [0.2, 0.25) is 0 Å². The Balaban J connectivity index is 1.62. The van der Waals surface area contributed by atoms with E-state index in [1.54, 1.807) is 18.5 Å². The molecule has 4 rings (SSSR count). The number of hydrogen-bond acceptors (Lipinski definition) is 6. The van der Waals surface area contributed by atoms with E-state index in [9.17, 15) is 13.6 Å². The largest absolute Gasteiger partial charge is 0.321 e. The minimum absolute atomic E-state index is 0.183. The SMILES string of the molecule is Cc1ccc(NC(=O)c2cc(C(C)(F)F)cnn2)cc1-c1ccnc(-c2cnsc2)c1. The fraction of sp³-hybridized carbons (Fsp3) is 0.136. The Kier molecular flexibility index (Phi) is 5.51. The van der Waals surface area contributed by atoms with Crippen molar-refractivity contribution in [1.82, 2.24) is 19.6 Å². The molecule has 0 saturated carbocycles. The number of hydrogen-bond donors (Lipinski definition) is 1. The summed E-state index contributed by atoms with van der Waals surface area (Å²) in [6.07, 6.45) is 4.43. The number of pyridine rings is 1. The van der Waals surface area contributed by atoms with Crippen LogP contribution in [0.25, 0.3) is 22.4 Å². The van der Waals surface area contributed by atoms with Crippen molar-refractivity contribution in [2.45, 2.75) is 19.8 Å². The van der Waals surface area contributed by atoms with Crippen LogP contribution in [-0.2, 0) is 5.92 Å². The normalized spacial score (nSPS) is 11.4. The fourth-order valence-corrected chi connectivity index (χ4v) is 3.54. The molecule has 4 aromatic rings. The van der Waals surface area contributed by atoms with Gasteiger partial charge in [0.15, 0.2) is 5.69 Å². The van der Waals surface area contributed by atoms with Crippen molar-refractivity contribution in [2.24, 2.45) is 0 Å². The summed E-state index contributed by atoms with van der Waals surface area (Å²) in [7, 11) is 0. The van der Waals surface area contributed by atoms with Crippen LogP contribution in [0, 0.1) is 6.92 Å². The summed E-state index contributed by atoms with van der Waals surface area (Å²) in [5, 5.41) is 11.8. The number of nitrogens with one attached hydrogen (secondary N) is 1. The lowest BCUT2D eigenvalue weighted by Crippen LogP contribution is -2.17. The Bertz CT molecular complexity index is 1240. The van der Waals surface area contributed by atoms with Crippen LogP contribution in [0.4, 0.5) is 14.5 Å². The molecule has 0 spiro atoms. The van der Waals surface area contributed by atoms with Crippen molar-refractivity contribution in [3.05, 3.63) is 77.2 Å². The predicted octanol–water partition coefficient (Wildman–Crippen LogP) is 5.33. The smallest absolute Gasteiger partial charge is 0.276 e. The van der Waals surface area contributed by atoms with Gasteiger partial charge in [-0.3, -0.25) is 9.78 Å². The van der Waals surface area contributed by atoms with Crippen molar-refractivity contribution in [1.29, 1.82) is 0 Å². The molecule has 6 nitrogen and oxygen atoms in total. The van der Waals surface area contributed by atoms with E-state index in [0.717, 1.165) is 47.1 Å². The number of nitrogens with zero attached hydrogens (tertiary/aromatic N) is 4. The summed E-state index contributed by atoms with van der Waals surface area (Å²) < 4.78 is 31.2. The fourth-order valence-electron chi connectivity index (χ4n) is 3.01. The Morgan fingerprint density at radius 1 is 1.10 bits per heavy atom. The first-order chi connectivity index (χ1) is 14.8. The van der Waals surface area contributed by atoms with E-state index in [1.807, 2.05) is 36.6 Å². The summed E-state index contributed by atoms with van der Waals surface area (Å²) in [5.74, 6) is -3.73. The van der Waals surface area contributed by atoms with E-state index in [-0.39, 0.29) is 11.3 Å². The molecule has 1 amide bonds. The van der Waals surface area contributed by atoms with Gasteiger partial charge in [-0.25, -0.2) is 13.2 Å². The Labute approximate surface area is 181 Å². The highest BCUT2D eigenvalue weighted by Crippen LogP contribution is 2.30. The molecule has 1 N–H and O–H groups in total. The maximum Gasteiger partial charge on any atom is 0.276 e. The maximum atomic E-state index is 13.5. The average molecular weight is 437 g/mol. The first-order valence-corrected chi connectivity index (χ1v) is 10.1. The number of benzene rings is 1. The second-order valence-electron chi connectivity index (χ2n) is 7.04. The minimum Gasteiger partial charge on any atom is -0.321 e. The molecular weight excluding hydrogens is 420 g/mol. The highest BCUT2D eigenvalue weighted by Gasteiger charge is 2.26. The summed E-state index contributed by atoms with van der Waals surface area (Å²) >= 11 is 1.35. The number of rotatable bonds is 5. The van der Waals surface area contributed by atoms with Gasteiger partial charge in [0.05, 0.1) is 18.1 Å².